The molecule has 2 fully saturated rings. The lowest BCUT2D eigenvalue weighted by Gasteiger charge is -2.37. The molecule has 0 radical (unpaired) electrons. The first-order valence-electron chi connectivity index (χ1n) is 8.49. The van der Waals surface area contributed by atoms with Crippen molar-refractivity contribution in [2.45, 2.75) is 38.9 Å². The van der Waals surface area contributed by atoms with E-state index in [0.29, 0.717) is 5.91 Å². The lowest BCUT2D eigenvalue weighted by Crippen LogP contribution is -2.43. The van der Waals surface area contributed by atoms with E-state index in [-0.39, 0.29) is 5.41 Å². The van der Waals surface area contributed by atoms with Gasteiger partial charge in [0, 0.05) is 13.1 Å². The zero-order valence-corrected chi connectivity index (χ0v) is 14.6. The van der Waals surface area contributed by atoms with E-state index < -0.39 is 12.1 Å². The summed E-state index contributed by atoms with van der Waals surface area (Å²) in [6.07, 6.45) is -2.01. The summed E-state index contributed by atoms with van der Waals surface area (Å²) >= 11 is 0. The second kappa shape index (κ2) is 8.07. The summed E-state index contributed by atoms with van der Waals surface area (Å²) in [6.45, 7) is 6.09. The van der Waals surface area contributed by atoms with Gasteiger partial charge in [0.2, 0.25) is 5.91 Å². The Hall–Kier alpha value is -2.09. The number of piperidine rings is 1. The molecule has 1 aromatic carbocycles. The zero-order valence-electron chi connectivity index (χ0n) is 14.6. The van der Waals surface area contributed by atoms with Gasteiger partial charge in [0.15, 0.2) is 0 Å². The minimum atomic E-state index is -5.08. The van der Waals surface area contributed by atoms with E-state index in [1.54, 1.807) is 0 Å². The molecule has 2 aliphatic rings. The Balaban J connectivity index is 0.000000298. The van der Waals surface area contributed by atoms with Crippen molar-refractivity contribution in [3.05, 3.63) is 35.4 Å². The second-order valence-electron chi connectivity index (χ2n) is 6.85. The molecule has 0 saturated carbocycles. The summed E-state index contributed by atoms with van der Waals surface area (Å²) < 4.78 is 31.7. The molecule has 5 nitrogen and oxygen atoms in total. The average molecular weight is 372 g/mol. The van der Waals surface area contributed by atoms with E-state index in [2.05, 4.69) is 41.4 Å². The summed E-state index contributed by atoms with van der Waals surface area (Å²) in [5.41, 5.74) is 2.64. The highest BCUT2D eigenvalue weighted by Gasteiger charge is 2.44. The van der Waals surface area contributed by atoms with Gasteiger partial charge in [-0.3, -0.25) is 9.69 Å². The highest BCUT2D eigenvalue weighted by atomic mass is 19.4. The van der Waals surface area contributed by atoms with Crippen LogP contribution in [0.15, 0.2) is 24.3 Å². The van der Waals surface area contributed by atoms with E-state index >= 15 is 0 Å². The number of carboxylic acid groups (broad SMARTS) is 1. The molecule has 0 unspecified atom stereocenters. The number of likely N-dealkylation sites (tertiary alicyclic amines) is 1. The fourth-order valence-electron chi connectivity index (χ4n) is 3.28. The third kappa shape index (κ3) is 5.20. The average Bonchev–Trinajstić information content (AvgIpc) is 2.92. The third-order valence-corrected chi connectivity index (χ3v) is 4.95. The van der Waals surface area contributed by atoms with Gasteiger partial charge in [-0.05, 0) is 44.8 Å². The Kier molecular flexibility index (Phi) is 6.28. The molecule has 144 valence electrons. The summed E-state index contributed by atoms with van der Waals surface area (Å²) in [6, 6.07) is 8.76. The molecule has 0 bridgehead atoms. The molecule has 2 saturated heterocycles. The topological polar surface area (TPSA) is 69.6 Å². The minimum Gasteiger partial charge on any atom is -0.475 e. The molecule has 3 rings (SSSR count). The normalized spacial score (nSPS) is 19.6. The number of hydrogen-bond acceptors (Lipinski definition) is 3. The predicted molar refractivity (Wildman–Crippen MR) is 89.4 cm³/mol. The van der Waals surface area contributed by atoms with Crippen molar-refractivity contribution >= 4 is 11.9 Å². The van der Waals surface area contributed by atoms with Crippen molar-refractivity contribution < 1.29 is 27.9 Å². The molecule has 1 amide bonds. The van der Waals surface area contributed by atoms with Gasteiger partial charge in [-0.15, -0.1) is 0 Å². The first-order valence-corrected chi connectivity index (χ1v) is 8.49. The van der Waals surface area contributed by atoms with Crippen molar-refractivity contribution in [3.8, 4) is 0 Å². The number of carbonyl (C=O) groups excluding carboxylic acids is 1. The van der Waals surface area contributed by atoms with Crippen LogP contribution < -0.4 is 5.32 Å². The lowest BCUT2D eigenvalue weighted by molar-refractivity contribution is -0.192. The zero-order chi connectivity index (χ0) is 19.4. The standard InChI is InChI=1S/C16H22N2O.C2HF3O2/c1-13-2-4-14(5-3-13)12-18-10-7-16(8-11-18)6-9-17-15(16)19;3-2(4,5)1(6)7/h2-5H,6-12H2,1H3,(H,17,19);(H,6,7). The Morgan fingerprint density at radius 1 is 1.19 bits per heavy atom. The summed E-state index contributed by atoms with van der Waals surface area (Å²) in [4.78, 5) is 23.3. The number of amides is 1. The fourth-order valence-corrected chi connectivity index (χ4v) is 3.28. The van der Waals surface area contributed by atoms with E-state index in [4.69, 9.17) is 9.90 Å². The van der Waals surface area contributed by atoms with Crippen LogP contribution in [0.4, 0.5) is 13.2 Å². The van der Waals surface area contributed by atoms with Crippen LogP contribution >= 0.6 is 0 Å². The van der Waals surface area contributed by atoms with Gasteiger partial charge in [0.1, 0.15) is 0 Å². The molecule has 0 aliphatic carbocycles. The first kappa shape index (κ1) is 20.2. The first-order chi connectivity index (χ1) is 12.1. The molecule has 26 heavy (non-hydrogen) atoms. The lowest BCUT2D eigenvalue weighted by atomic mass is 9.77. The van der Waals surface area contributed by atoms with Gasteiger partial charge < -0.3 is 10.4 Å². The van der Waals surface area contributed by atoms with Crippen LogP contribution in [0.1, 0.15) is 30.4 Å². The molecular formula is C18H23F3N2O3. The smallest absolute Gasteiger partial charge is 0.475 e. The molecule has 1 aromatic rings. The molecule has 2 N–H and O–H groups in total. The van der Waals surface area contributed by atoms with E-state index in [0.717, 1.165) is 45.4 Å². The van der Waals surface area contributed by atoms with Crippen LogP contribution in [-0.2, 0) is 16.1 Å². The summed E-state index contributed by atoms with van der Waals surface area (Å²) in [5, 5.41) is 10.1. The van der Waals surface area contributed by atoms with Gasteiger partial charge >= 0.3 is 12.1 Å². The quantitative estimate of drug-likeness (QED) is 0.838. The predicted octanol–water partition coefficient (Wildman–Crippen LogP) is 2.73. The monoisotopic (exact) mass is 372 g/mol. The molecule has 0 atom stereocenters. The molecule has 1 spiro atoms. The molecule has 8 heteroatoms. The van der Waals surface area contributed by atoms with Gasteiger partial charge in [0.25, 0.3) is 0 Å². The van der Waals surface area contributed by atoms with E-state index in [9.17, 15) is 18.0 Å². The molecule has 2 aliphatic heterocycles. The molecule has 2 heterocycles. The van der Waals surface area contributed by atoms with Crippen LogP contribution in [0.2, 0.25) is 0 Å². The fraction of sp³-hybridized carbons (Fsp3) is 0.556. The summed E-state index contributed by atoms with van der Waals surface area (Å²) in [7, 11) is 0. The van der Waals surface area contributed by atoms with Gasteiger partial charge in [0.05, 0.1) is 5.41 Å². The maximum Gasteiger partial charge on any atom is 0.490 e. The van der Waals surface area contributed by atoms with Gasteiger partial charge in [-0.1, -0.05) is 29.8 Å². The maximum absolute atomic E-state index is 11.9. The highest BCUT2D eigenvalue weighted by molar-refractivity contribution is 5.84. The van der Waals surface area contributed by atoms with Crippen molar-refractivity contribution in [1.82, 2.24) is 10.2 Å². The van der Waals surface area contributed by atoms with Crippen molar-refractivity contribution in [1.29, 1.82) is 0 Å². The van der Waals surface area contributed by atoms with Crippen LogP contribution in [0, 0.1) is 12.3 Å². The third-order valence-electron chi connectivity index (χ3n) is 4.95. The number of hydrogen-bond donors (Lipinski definition) is 2. The minimum absolute atomic E-state index is 0.0379. The summed E-state index contributed by atoms with van der Waals surface area (Å²) in [5.74, 6) is -2.46. The van der Waals surface area contributed by atoms with Crippen LogP contribution in [0.25, 0.3) is 0 Å². The number of aliphatic carboxylic acids is 1. The highest BCUT2D eigenvalue weighted by Crippen LogP contribution is 2.38. The van der Waals surface area contributed by atoms with Crippen LogP contribution in [0.5, 0.6) is 0 Å². The Morgan fingerprint density at radius 2 is 1.73 bits per heavy atom. The Labute approximate surface area is 150 Å². The molecular weight excluding hydrogens is 349 g/mol. The van der Waals surface area contributed by atoms with Crippen LogP contribution in [-0.4, -0.2) is 47.7 Å². The van der Waals surface area contributed by atoms with Crippen LogP contribution in [0.3, 0.4) is 0 Å². The number of aryl methyl sites for hydroxylation is 1. The van der Waals surface area contributed by atoms with Crippen molar-refractivity contribution in [2.75, 3.05) is 19.6 Å². The van der Waals surface area contributed by atoms with Crippen molar-refractivity contribution in [2.24, 2.45) is 5.41 Å². The number of halogens is 3. The largest absolute Gasteiger partial charge is 0.490 e. The van der Waals surface area contributed by atoms with Gasteiger partial charge in [-0.2, -0.15) is 13.2 Å². The van der Waals surface area contributed by atoms with Gasteiger partial charge in [-0.25, -0.2) is 4.79 Å². The number of nitrogens with one attached hydrogen (secondary N) is 1. The number of nitrogens with zero attached hydrogens (tertiary/aromatic N) is 1. The van der Waals surface area contributed by atoms with E-state index in [1.807, 2.05) is 0 Å². The molecule has 0 aromatic heterocycles. The number of carbonyl (C=O) groups is 2. The number of carboxylic acids is 1. The number of benzene rings is 1. The maximum atomic E-state index is 11.9. The second-order valence-corrected chi connectivity index (χ2v) is 6.85. The number of alkyl halides is 3. The number of rotatable bonds is 2. The Bertz CT molecular complexity index is 636. The van der Waals surface area contributed by atoms with E-state index in [1.165, 1.54) is 11.1 Å². The SMILES string of the molecule is Cc1ccc(CN2CCC3(CCNC3=O)CC2)cc1.O=C(O)C(F)(F)F. The Morgan fingerprint density at radius 3 is 2.15 bits per heavy atom. The van der Waals surface area contributed by atoms with Crippen molar-refractivity contribution in [3.63, 3.8) is 0 Å².